The molecule has 1 aliphatic heterocycles. The molecule has 2 aliphatic carbocycles. The summed E-state index contributed by atoms with van der Waals surface area (Å²) in [6, 6.07) is 9.16. The van der Waals surface area contributed by atoms with E-state index < -0.39 is 0 Å². The van der Waals surface area contributed by atoms with Gasteiger partial charge in [0, 0.05) is 13.0 Å². The number of aryl methyl sites for hydroxylation is 1. The lowest BCUT2D eigenvalue weighted by Gasteiger charge is -2.44. The van der Waals surface area contributed by atoms with E-state index in [1.165, 1.54) is 36.8 Å². The van der Waals surface area contributed by atoms with Crippen molar-refractivity contribution >= 4 is 5.91 Å². The van der Waals surface area contributed by atoms with E-state index in [0.717, 1.165) is 19.4 Å². The standard InChI is InChI=1S/C21H29NO2/c1-15-6-8-16(9-7-15)18(17-10-11-17)14-21(23)22-12-13-24-20-5-3-2-4-19(20)22/h6-9,17-20H,2-5,10-14H2,1H3. The van der Waals surface area contributed by atoms with Crippen molar-refractivity contribution < 1.29 is 9.53 Å². The number of benzene rings is 1. The highest BCUT2D eigenvalue weighted by molar-refractivity contribution is 5.78. The number of amides is 1. The zero-order valence-electron chi connectivity index (χ0n) is 14.7. The minimum atomic E-state index is 0.287. The second kappa shape index (κ2) is 6.87. The minimum absolute atomic E-state index is 0.287. The Hall–Kier alpha value is -1.35. The van der Waals surface area contributed by atoms with Gasteiger partial charge in [-0.05, 0) is 50.0 Å². The molecule has 0 bridgehead atoms. The minimum Gasteiger partial charge on any atom is -0.374 e. The van der Waals surface area contributed by atoms with Crippen molar-refractivity contribution in [3.63, 3.8) is 0 Å². The molecule has 1 aromatic rings. The van der Waals surface area contributed by atoms with Crippen LogP contribution in [0, 0.1) is 12.8 Å². The number of hydrogen-bond acceptors (Lipinski definition) is 2. The van der Waals surface area contributed by atoms with Gasteiger partial charge in [0.15, 0.2) is 0 Å². The third-order valence-electron chi connectivity index (χ3n) is 6.14. The number of carbonyl (C=O) groups is 1. The molecule has 3 unspecified atom stereocenters. The van der Waals surface area contributed by atoms with Crippen LogP contribution in [0.4, 0.5) is 0 Å². The van der Waals surface area contributed by atoms with Crippen LogP contribution in [-0.4, -0.2) is 36.1 Å². The molecule has 130 valence electrons. The summed E-state index contributed by atoms with van der Waals surface area (Å²) in [6.07, 6.45) is 8.25. The van der Waals surface area contributed by atoms with E-state index >= 15 is 0 Å². The Morgan fingerprint density at radius 3 is 2.67 bits per heavy atom. The van der Waals surface area contributed by atoms with Crippen LogP contribution < -0.4 is 0 Å². The topological polar surface area (TPSA) is 29.5 Å². The fraction of sp³-hybridized carbons (Fsp3) is 0.667. The molecule has 0 spiro atoms. The highest BCUT2D eigenvalue weighted by atomic mass is 16.5. The van der Waals surface area contributed by atoms with Gasteiger partial charge in [-0.3, -0.25) is 4.79 Å². The van der Waals surface area contributed by atoms with E-state index in [-0.39, 0.29) is 6.10 Å². The molecule has 0 radical (unpaired) electrons. The Bertz CT molecular complexity index is 576. The summed E-state index contributed by atoms with van der Waals surface area (Å²) in [7, 11) is 0. The molecule has 3 heteroatoms. The van der Waals surface area contributed by atoms with Crippen molar-refractivity contribution in [1.82, 2.24) is 4.90 Å². The third kappa shape index (κ3) is 3.37. The van der Waals surface area contributed by atoms with E-state index in [0.29, 0.717) is 36.8 Å². The molecule has 3 fully saturated rings. The maximum atomic E-state index is 13.1. The van der Waals surface area contributed by atoms with Gasteiger partial charge in [0.05, 0.1) is 18.8 Å². The van der Waals surface area contributed by atoms with Gasteiger partial charge >= 0.3 is 0 Å². The first kappa shape index (κ1) is 16.1. The van der Waals surface area contributed by atoms with Crippen molar-refractivity contribution in [1.29, 1.82) is 0 Å². The number of ether oxygens (including phenoxy) is 1. The molecule has 4 rings (SSSR count). The van der Waals surface area contributed by atoms with E-state index in [9.17, 15) is 4.79 Å². The van der Waals surface area contributed by atoms with Crippen molar-refractivity contribution in [3.05, 3.63) is 35.4 Å². The molecule has 1 saturated heterocycles. The Kier molecular flexibility index (Phi) is 4.62. The fourth-order valence-electron chi connectivity index (χ4n) is 4.58. The predicted octanol–water partition coefficient (Wildman–Crippen LogP) is 4.05. The number of fused-ring (bicyclic) bond motifs is 1. The van der Waals surface area contributed by atoms with Crippen LogP contribution >= 0.6 is 0 Å². The Morgan fingerprint density at radius 1 is 1.17 bits per heavy atom. The number of rotatable bonds is 4. The molecule has 24 heavy (non-hydrogen) atoms. The van der Waals surface area contributed by atoms with Crippen LogP contribution in [0.1, 0.15) is 62.0 Å². The third-order valence-corrected chi connectivity index (χ3v) is 6.14. The number of nitrogens with zero attached hydrogens (tertiary/aromatic N) is 1. The normalized spacial score (nSPS) is 28.3. The molecule has 3 aliphatic rings. The van der Waals surface area contributed by atoms with Crippen LogP contribution in [0.25, 0.3) is 0 Å². The van der Waals surface area contributed by atoms with E-state index in [2.05, 4.69) is 36.1 Å². The van der Waals surface area contributed by atoms with E-state index in [1.54, 1.807) is 0 Å². The van der Waals surface area contributed by atoms with Gasteiger partial charge in [-0.2, -0.15) is 0 Å². The van der Waals surface area contributed by atoms with Crippen LogP contribution in [0.15, 0.2) is 24.3 Å². The molecule has 2 saturated carbocycles. The molecular weight excluding hydrogens is 298 g/mol. The lowest BCUT2D eigenvalue weighted by molar-refractivity contribution is -0.150. The van der Waals surface area contributed by atoms with E-state index in [1.807, 2.05) is 0 Å². The molecule has 0 aromatic heterocycles. The van der Waals surface area contributed by atoms with Gasteiger partial charge in [0.1, 0.15) is 0 Å². The smallest absolute Gasteiger partial charge is 0.223 e. The first-order valence-corrected chi connectivity index (χ1v) is 9.70. The van der Waals surface area contributed by atoms with Crippen LogP contribution in [-0.2, 0) is 9.53 Å². The first-order chi connectivity index (χ1) is 11.7. The number of morpholine rings is 1. The molecule has 3 nitrogen and oxygen atoms in total. The largest absolute Gasteiger partial charge is 0.374 e. The highest BCUT2D eigenvalue weighted by Crippen LogP contribution is 2.45. The molecule has 1 aromatic carbocycles. The number of hydrogen-bond donors (Lipinski definition) is 0. The monoisotopic (exact) mass is 327 g/mol. The van der Waals surface area contributed by atoms with Crippen molar-refractivity contribution in [3.8, 4) is 0 Å². The van der Waals surface area contributed by atoms with Gasteiger partial charge in [-0.1, -0.05) is 42.7 Å². The van der Waals surface area contributed by atoms with Gasteiger partial charge in [-0.15, -0.1) is 0 Å². The fourth-order valence-corrected chi connectivity index (χ4v) is 4.58. The summed E-state index contributed by atoms with van der Waals surface area (Å²) in [5, 5.41) is 0. The second-order valence-electron chi connectivity index (χ2n) is 7.91. The van der Waals surface area contributed by atoms with Crippen LogP contribution in [0.3, 0.4) is 0 Å². The lowest BCUT2D eigenvalue weighted by atomic mass is 9.87. The molecule has 3 atom stereocenters. The average Bonchev–Trinajstić information content (AvgIpc) is 3.45. The first-order valence-electron chi connectivity index (χ1n) is 9.70. The van der Waals surface area contributed by atoms with Gasteiger partial charge in [0.2, 0.25) is 5.91 Å². The zero-order chi connectivity index (χ0) is 16.5. The van der Waals surface area contributed by atoms with Gasteiger partial charge in [0.25, 0.3) is 0 Å². The maximum Gasteiger partial charge on any atom is 0.223 e. The Balaban J connectivity index is 1.47. The quantitative estimate of drug-likeness (QED) is 0.835. The van der Waals surface area contributed by atoms with Gasteiger partial charge in [-0.25, -0.2) is 0 Å². The lowest BCUT2D eigenvalue weighted by Crippen LogP contribution is -2.55. The Morgan fingerprint density at radius 2 is 1.92 bits per heavy atom. The molecule has 1 amide bonds. The number of carbonyl (C=O) groups excluding carboxylic acids is 1. The van der Waals surface area contributed by atoms with Crippen LogP contribution in [0.2, 0.25) is 0 Å². The SMILES string of the molecule is Cc1ccc(C(CC(=O)N2CCOC3CCCCC32)C2CC2)cc1. The zero-order valence-corrected chi connectivity index (χ0v) is 14.7. The predicted molar refractivity (Wildman–Crippen MR) is 95.0 cm³/mol. The summed E-state index contributed by atoms with van der Waals surface area (Å²) in [4.78, 5) is 15.3. The summed E-state index contributed by atoms with van der Waals surface area (Å²) >= 11 is 0. The maximum absolute atomic E-state index is 13.1. The molecule has 1 heterocycles. The molecular formula is C21H29NO2. The van der Waals surface area contributed by atoms with Crippen molar-refractivity contribution in [2.24, 2.45) is 5.92 Å². The summed E-state index contributed by atoms with van der Waals surface area (Å²) < 4.78 is 5.93. The van der Waals surface area contributed by atoms with Crippen molar-refractivity contribution in [2.45, 2.75) is 69.9 Å². The summed E-state index contributed by atoms with van der Waals surface area (Å²) in [5.41, 5.74) is 2.64. The highest BCUT2D eigenvalue weighted by Gasteiger charge is 2.39. The summed E-state index contributed by atoms with van der Waals surface area (Å²) in [6.45, 7) is 3.62. The van der Waals surface area contributed by atoms with Gasteiger partial charge < -0.3 is 9.64 Å². The molecule has 0 N–H and O–H groups in total. The average molecular weight is 327 g/mol. The second-order valence-corrected chi connectivity index (χ2v) is 7.91. The Labute approximate surface area is 145 Å². The van der Waals surface area contributed by atoms with Crippen LogP contribution in [0.5, 0.6) is 0 Å². The van der Waals surface area contributed by atoms with Crippen molar-refractivity contribution in [2.75, 3.05) is 13.2 Å². The summed E-state index contributed by atoms with van der Waals surface area (Å²) in [5.74, 6) is 1.47. The van der Waals surface area contributed by atoms with E-state index in [4.69, 9.17) is 4.74 Å².